The molecule has 1 unspecified atom stereocenters. The van der Waals surface area contributed by atoms with Crippen molar-refractivity contribution in [2.45, 2.75) is 45.2 Å². The molecule has 17 heavy (non-hydrogen) atoms. The summed E-state index contributed by atoms with van der Waals surface area (Å²) in [6.45, 7) is 7.94. The van der Waals surface area contributed by atoms with Crippen LogP contribution in [0.25, 0.3) is 0 Å². The first-order valence-corrected chi connectivity index (χ1v) is 7.29. The van der Waals surface area contributed by atoms with E-state index >= 15 is 0 Å². The number of likely N-dealkylation sites (N-methyl/N-ethyl adjacent to an activating group) is 1. The molecule has 0 saturated heterocycles. The summed E-state index contributed by atoms with van der Waals surface area (Å²) in [6, 6.07) is 4.87. The summed E-state index contributed by atoms with van der Waals surface area (Å²) in [5, 5.41) is 5.86. The average Bonchev–Trinajstić information content (AvgIpc) is 2.76. The van der Waals surface area contributed by atoms with E-state index < -0.39 is 0 Å². The fourth-order valence-corrected chi connectivity index (χ4v) is 2.58. The van der Waals surface area contributed by atoms with Crippen LogP contribution in [0.1, 0.15) is 32.1 Å². The van der Waals surface area contributed by atoms with Gasteiger partial charge in [0.2, 0.25) is 0 Å². The third-order valence-corrected chi connectivity index (χ3v) is 4.53. The van der Waals surface area contributed by atoms with Crippen molar-refractivity contribution in [1.29, 1.82) is 0 Å². The molecule has 0 spiro atoms. The molecular formula is C14H26N2S. The van der Waals surface area contributed by atoms with Crippen LogP contribution in [0.5, 0.6) is 0 Å². The second-order valence-electron chi connectivity index (χ2n) is 5.34. The first-order chi connectivity index (χ1) is 7.98. The Hall–Kier alpha value is -0.380. The molecule has 1 aromatic heterocycles. The zero-order valence-corrected chi connectivity index (χ0v) is 12.6. The van der Waals surface area contributed by atoms with Gasteiger partial charge in [-0.15, -0.1) is 11.3 Å². The van der Waals surface area contributed by atoms with Gasteiger partial charge in [-0.05, 0) is 58.8 Å². The molecular weight excluding hydrogens is 228 g/mol. The fourth-order valence-electron chi connectivity index (χ4n) is 1.83. The van der Waals surface area contributed by atoms with Crippen molar-refractivity contribution in [3.8, 4) is 0 Å². The predicted octanol–water partition coefficient (Wildman–Crippen LogP) is 3.00. The monoisotopic (exact) mass is 254 g/mol. The number of thiophene rings is 1. The number of hydrogen-bond donors (Lipinski definition) is 1. The van der Waals surface area contributed by atoms with Crippen LogP contribution >= 0.6 is 11.3 Å². The van der Waals surface area contributed by atoms with Gasteiger partial charge in [0.25, 0.3) is 0 Å². The first kappa shape index (κ1) is 14.7. The zero-order chi connectivity index (χ0) is 12.9. The molecule has 0 aliphatic heterocycles. The molecule has 0 bridgehead atoms. The van der Waals surface area contributed by atoms with Crippen LogP contribution in [0.15, 0.2) is 17.5 Å². The average molecular weight is 254 g/mol. The van der Waals surface area contributed by atoms with E-state index in [-0.39, 0.29) is 5.54 Å². The lowest BCUT2D eigenvalue weighted by Crippen LogP contribution is -2.56. The van der Waals surface area contributed by atoms with Gasteiger partial charge in [-0.3, -0.25) is 0 Å². The number of rotatable bonds is 7. The van der Waals surface area contributed by atoms with E-state index in [2.05, 4.69) is 62.6 Å². The number of hydrogen-bond acceptors (Lipinski definition) is 3. The van der Waals surface area contributed by atoms with Gasteiger partial charge in [-0.2, -0.15) is 0 Å². The van der Waals surface area contributed by atoms with Gasteiger partial charge >= 0.3 is 0 Å². The third kappa shape index (κ3) is 4.09. The minimum absolute atomic E-state index is 0.166. The molecule has 0 amide bonds. The van der Waals surface area contributed by atoms with Gasteiger partial charge in [0, 0.05) is 16.5 Å². The van der Waals surface area contributed by atoms with Crippen LogP contribution in [0.2, 0.25) is 0 Å². The summed E-state index contributed by atoms with van der Waals surface area (Å²) in [5.41, 5.74) is 0.166. The second kappa shape index (κ2) is 6.53. The Kier molecular flexibility index (Phi) is 5.63. The molecule has 0 aliphatic carbocycles. The topological polar surface area (TPSA) is 15.3 Å². The number of nitrogens with one attached hydrogen (secondary N) is 1. The molecule has 1 heterocycles. The molecule has 1 rings (SSSR count). The van der Waals surface area contributed by atoms with Crippen LogP contribution in [-0.2, 0) is 6.42 Å². The van der Waals surface area contributed by atoms with Gasteiger partial charge in [0.05, 0.1) is 0 Å². The quantitative estimate of drug-likeness (QED) is 0.805. The van der Waals surface area contributed by atoms with E-state index in [1.54, 1.807) is 0 Å². The lowest BCUT2D eigenvalue weighted by Gasteiger charge is -2.40. The predicted molar refractivity (Wildman–Crippen MR) is 77.9 cm³/mol. The smallest absolute Gasteiger partial charge is 0.0303 e. The second-order valence-corrected chi connectivity index (χ2v) is 6.37. The molecule has 0 aromatic carbocycles. The van der Waals surface area contributed by atoms with E-state index in [9.17, 15) is 0 Å². The maximum atomic E-state index is 3.69. The third-order valence-electron chi connectivity index (χ3n) is 3.63. The maximum absolute atomic E-state index is 3.69. The van der Waals surface area contributed by atoms with Gasteiger partial charge in [-0.1, -0.05) is 13.0 Å². The first-order valence-electron chi connectivity index (χ1n) is 6.41. The van der Waals surface area contributed by atoms with E-state index in [1.165, 1.54) is 11.3 Å². The highest BCUT2D eigenvalue weighted by molar-refractivity contribution is 7.09. The normalized spacial score (nSPS) is 14.2. The number of nitrogens with zero attached hydrogens (tertiary/aromatic N) is 1. The summed E-state index contributed by atoms with van der Waals surface area (Å²) in [7, 11) is 4.32. The molecule has 0 saturated carbocycles. The summed E-state index contributed by atoms with van der Waals surface area (Å²) < 4.78 is 0. The standard InChI is InChI=1S/C14H26N2S/c1-6-9-15-13(14(2,3)16(4)5)11-12-8-7-10-17-12/h7-8,10,13,15H,6,9,11H2,1-5H3. The van der Waals surface area contributed by atoms with Crippen molar-refractivity contribution < 1.29 is 0 Å². The molecule has 1 N–H and O–H groups in total. The Morgan fingerprint density at radius 2 is 2.12 bits per heavy atom. The minimum Gasteiger partial charge on any atom is -0.312 e. The lowest BCUT2D eigenvalue weighted by molar-refractivity contribution is 0.137. The molecule has 0 fully saturated rings. The van der Waals surface area contributed by atoms with Crippen molar-refractivity contribution >= 4 is 11.3 Å². The largest absolute Gasteiger partial charge is 0.312 e. The highest BCUT2D eigenvalue weighted by atomic mass is 32.1. The van der Waals surface area contributed by atoms with Crippen LogP contribution in [0.4, 0.5) is 0 Å². The van der Waals surface area contributed by atoms with Crippen LogP contribution in [0, 0.1) is 0 Å². The van der Waals surface area contributed by atoms with E-state index in [0.29, 0.717) is 6.04 Å². The summed E-state index contributed by atoms with van der Waals surface area (Å²) in [4.78, 5) is 3.78. The van der Waals surface area contributed by atoms with Crippen molar-refractivity contribution in [3.05, 3.63) is 22.4 Å². The van der Waals surface area contributed by atoms with Crippen LogP contribution < -0.4 is 5.32 Å². The molecule has 0 aliphatic rings. The molecule has 2 nitrogen and oxygen atoms in total. The highest BCUT2D eigenvalue weighted by Crippen LogP contribution is 2.21. The zero-order valence-electron chi connectivity index (χ0n) is 11.8. The molecule has 1 atom stereocenters. The van der Waals surface area contributed by atoms with Crippen molar-refractivity contribution in [1.82, 2.24) is 10.2 Å². The molecule has 1 aromatic rings. The summed E-state index contributed by atoms with van der Waals surface area (Å²) in [5.74, 6) is 0. The van der Waals surface area contributed by atoms with Crippen LogP contribution in [-0.4, -0.2) is 37.1 Å². The Morgan fingerprint density at radius 3 is 2.59 bits per heavy atom. The Balaban J connectivity index is 2.72. The van der Waals surface area contributed by atoms with E-state index in [4.69, 9.17) is 0 Å². The Labute approximate surface area is 110 Å². The molecule has 98 valence electrons. The highest BCUT2D eigenvalue weighted by Gasteiger charge is 2.31. The van der Waals surface area contributed by atoms with E-state index in [1.807, 2.05) is 11.3 Å². The van der Waals surface area contributed by atoms with Crippen molar-refractivity contribution in [3.63, 3.8) is 0 Å². The summed E-state index contributed by atoms with van der Waals surface area (Å²) >= 11 is 1.85. The van der Waals surface area contributed by atoms with Crippen molar-refractivity contribution in [2.75, 3.05) is 20.6 Å². The fraction of sp³-hybridized carbons (Fsp3) is 0.714. The molecule has 3 heteroatoms. The Bertz CT molecular complexity index is 304. The maximum Gasteiger partial charge on any atom is 0.0303 e. The van der Waals surface area contributed by atoms with Gasteiger partial charge in [0.1, 0.15) is 0 Å². The van der Waals surface area contributed by atoms with Gasteiger partial charge in [-0.25, -0.2) is 0 Å². The van der Waals surface area contributed by atoms with Crippen LogP contribution in [0.3, 0.4) is 0 Å². The lowest BCUT2D eigenvalue weighted by atomic mass is 9.90. The minimum atomic E-state index is 0.166. The van der Waals surface area contributed by atoms with E-state index in [0.717, 1.165) is 13.0 Å². The van der Waals surface area contributed by atoms with Gasteiger partial charge in [0.15, 0.2) is 0 Å². The SMILES string of the molecule is CCCNC(Cc1cccs1)C(C)(C)N(C)C. The van der Waals surface area contributed by atoms with Crippen molar-refractivity contribution in [2.24, 2.45) is 0 Å². The molecule has 0 radical (unpaired) electrons. The Morgan fingerprint density at radius 1 is 1.41 bits per heavy atom. The van der Waals surface area contributed by atoms with Gasteiger partial charge < -0.3 is 10.2 Å². The summed E-state index contributed by atoms with van der Waals surface area (Å²) in [6.07, 6.45) is 2.30.